The fourth-order valence-corrected chi connectivity index (χ4v) is 1.67. The van der Waals surface area contributed by atoms with Gasteiger partial charge in [0.2, 0.25) is 5.91 Å². The van der Waals surface area contributed by atoms with Crippen LogP contribution in [0.3, 0.4) is 0 Å². The smallest absolute Gasteiger partial charge is 0.231 e. The summed E-state index contributed by atoms with van der Waals surface area (Å²) >= 11 is 9.16. The Morgan fingerprint density at radius 1 is 1.67 bits per heavy atom. The highest BCUT2D eigenvalue weighted by atomic mass is 79.9. The minimum atomic E-state index is -0.415. The Hall–Kier alpha value is -0.740. The lowest BCUT2D eigenvalue weighted by Crippen LogP contribution is -2.25. The molecule has 0 saturated carbocycles. The number of carbonyl (C=O) groups is 1. The Labute approximate surface area is 102 Å². The Morgan fingerprint density at radius 3 is 2.87 bits per heavy atom. The molecule has 0 fully saturated rings. The molecule has 0 aromatic heterocycles. The summed E-state index contributed by atoms with van der Waals surface area (Å²) in [6, 6.07) is 5.29. The Kier molecular flexibility index (Phi) is 4.42. The van der Waals surface area contributed by atoms with Gasteiger partial charge in [0.05, 0.1) is 11.9 Å². The minimum Gasteiger partial charge on any atom is -0.497 e. The van der Waals surface area contributed by atoms with Crippen molar-refractivity contribution in [2.24, 2.45) is 5.73 Å². The summed E-state index contributed by atoms with van der Waals surface area (Å²) in [5, 5.41) is 0.599. The molecule has 0 bridgehead atoms. The van der Waals surface area contributed by atoms with Crippen LogP contribution >= 0.6 is 27.5 Å². The van der Waals surface area contributed by atoms with E-state index < -0.39 is 10.7 Å². The highest BCUT2D eigenvalue weighted by Gasteiger charge is 2.14. The van der Waals surface area contributed by atoms with Gasteiger partial charge < -0.3 is 10.5 Å². The average molecular weight is 293 g/mol. The molecule has 1 amide bonds. The standard InChI is InChI=1S/C10H11BrClNO2/c1-15-7-2-3-9(12)6(4-7)5-8(11)10(13)14/h2-4,8H,5H2,1H3,(H2,13,14). The Bertz CT molecular complexity index is 370. The van der Waals surface area contributed by atoms with Crippen molar-refractivity contribution in [1.29, 1.82) is 0 Å². The van der Waals surface area contributed by atoms with Crippen molar-refractivity contribution < 1.29 is 9.53 Å². The van der Waals surface area contributed by atoms with Gasteiger partial charge in [-0.3, -0.25) is 4.79 Å². The molecule has 1 unspecified atom stereocenters. The number of benzene rings is 1. The normalized spacial score (nSPS) is 12.2. The highest BCUT2D eigenvalue weighted by Crippen LogP contribution is 2.24. The van der Waals surface area contributed by atoms with Crippen LogP contribution in [0.15, 0.2) is 18.2 Å². The van der Waals surface area contributed by atoms with E-state index >= 15 is 0 Å². The summed E-state index contributed by atoms with van der Waals surface area (Å²) in [5.74, 6) is 0.299. The maximum absolute atomic E-state index is 10.9. The summed E-state index contributed by atoms with van der Waals surface area (Å²) in [4.78, 5) is 10.5. The third-order valence-electron chi connectivity index (χ3n) is 1.96. The van der Waals surface area contributed by atoms with Crippen LogP contribution in [-0.2, 0) is 11.2 Å². The molecule has 15 heavy (non-hydrogen) atoms. The summed E-state index contributed by atoms with van der Waals surface area (Å²) in [6.45, 7) is 0. The number of hydrogen-bond acceptors (Lipinski definition) is 2. The number of hydrogen-bond donors (Lipinski definition) is 1. The third-order valence-corrected chi connectivity index (χ3v) is 3.10. The second-order valence-electron chi connectivity index (χ2n) is 3.03. The van der Waals surface area contributed by atoms with E-state index in [9.17, 15) is 4.79 Å². The molecule has 3 nitrogen and oxygen atoms in total. The molecule has 0 aliphatic rings. The molecule has 0 heterocycles. The van der Waals surface area contributed by atoms with Gasteiger partial charge in [0, 0.05) is 5.02 Å². The quantitative estimate of drug-likeness (QED) is 0.865. The van der Waals surface area contributed by atoms with Gasteiger partial charge >= 0.3 is 0 Å². The molecule has 1 aromatic rings. The van der Waals surface area contributed by atoms with E-state index in [1.807, 2.05) is 0 Å². The van der Waals surface area contributed by atoms with Crippen molar-refractivity contribution >= 4 is 33.4 Å². The molecule has 1 atom stereocenters. The topological polar surface area (TPSA) is 52.3 Å². The van der Waals surface area contributed by atoms with Crippen molar-refractivity contribution in [3.8, 4) is 5.75 Å². The first-order valence-electron chi connectivity index (χ1n) is 4.30. The molecular formula is C10H11BrClNO2. The van der Waals surface area contributed by atoms with E-state index in [4.69, 9.17) is 22.1 Å². The number of primary amides is 1. The van der Waals surface area contributed by atoms with Gasteiger partial charge in [-0.15, -0.1) is 0 Å². The molecule has 1 aromatic carbocycles. The lowest BCUT2D eigenvalue weighted by atomic mass is 10.1. The molecule has 0 aliphatic carbocycles. The van der Waals surface area contributed by atoms with Gasteiger partial charge in [0.25, 0.3) is 0 Å². The van der Waals surface area contributed by atoms with Crippen LogP contribution in [0.2, 0.25) is 5.02 Å². The first-order chi connectivity index (χ1) is 7.04. The van der Waals surface area contributed by atoms with Crippen LogP contribution in [-0.4, -0.2) is 17.8 Å². The van der Waals surface area contributed by atoms with E-state index in [1.165, 1.54) is 0 Å². The Morgan fingerprint density at radius 2 is 2.33 bits per heavy atom. The minimum absolute atomic E-state index is 0.408. The summed E-state index contributed by atoms with van der Waals surface area (Å²) in [7, 11) is 1.58. The molecule has 0 aliphatic heterocycles. The number of ether oxygens (including phenoxy) is 1. The fraction of sp³-hybridized carbons (Fsp3) is 0.300. The first kappa shape index (κ1) is 12.3. The van der Waals surface area contributed by atoms with Crippen LogP contribution in [0, 0.1) is 0 Å². The van der Waals surface area contributed by atoms with Crippen molar-refractivity contribution in [1.82, 2.24) is 0 Å². The summed E-state index contributed by atoms with van der Waals surface area (Å²) < 4.78 is 5.06. The second-order valence-corrected chi connectivity index (χ2v) is 4.54. The molecule has 82 valence electrons. The van der Waals surface area contributed by atoms with Crippen LogP contribution in [0.5, 0.6) is 5.75 Å². The molecular weight excluding hydrogens is 281 g/mol. The highest BCUT2D eigenvalue weighted by molar-refractivity contribution is 9.10. The van der Waals surface area contributed by atoms with Crippen LogP contribution < -0.4 is 10.5 Å². The largest absolute Gasteiger partial charge is 0.497 e. The number of carbonyl (C=O) groups excluding carboxylic acids is 1. The fourth-order valence-electron chi connectivity index (χ4n) is 1.13. The van der Waals surface area contributed by atoms with E-state index in [0.29, 0.717) is 17.2 Å². The van der Waals surface area contributed by atoms with E-state index in [0.717, 1.165) is 5.56 Å². The lowest BCUT2D eigenvalue weighted by Gasteiger charge is -2.09. The maximum Gasteiger partial charge on any atom is 0.231 e. The average Bonchev–Trinajstić information content (AvgIpc) is 2.21. The van der Waals surface area contributed by atoms with Crippen molar-refractivity contribution in [2.75, 3.05) is 7.11 Å². The van der Waals surface area contributed by atoms with E-state index in [1.54, 1.807) is 25.3 Å². The molecule has 2 N–H and O–H groups in total. The van der Waals surface area contributed by atoms with Crippen LogP contribution in [0.4, 0.5) is 0 Å². The predicted octanol–water partition coefficient (Wildman–Crippen LogP) is 2.14. The number of amides is 1. The van der Waals surface area contributed by atoms with Crippen molar-refractivity contribution in [3.63, 3.8) is 0 Å². The number of rotatable bonds is 4. The van der Waals surface area contributed by atoms with Gasteiger partial charge in [-0.05, 0) is 30.2 Å². The third kappa shape index (κ3) is 3.39. The number of methoxy groups -OCH3 is 1. The van der Waals surface area contributed by atoms with Crippen molar-refractivity contribution in [2.45, 2.75) is 11.2 Å². The SMILES string of the molecule is COc1ccc(Cl)c(CC(Br)C(N)=O)c1. The zero-order valence-electron chi connectivity index (χ0n) is 8.17. The first-order valence-corrected chi connectivity index (χ1v) is 5.59. The van der Waals surface area contributed by atoms with E-state index in [2.05, 4.69) is 15.9 Å². The molecule has 5 heteroatoms. The van der Waals surface area contributed by atoms with Gasteiger partial charge in [-0.1, -0.05) is 27.5 Å². The predicted molar refractivity (Wildman–Crippen MR) is 63.6 cm³/mol. The maximum atomic E-state index is 10.9. The summed E-state index contributed by atoms with van der Waals surface area (Å²) in [5.41, 5.74) is 5.97. The number of halogens is 2. The zero-order valence-corrected chi connectivity index (χ0v) is 10.5. The van der Waals surface area contributed by atoms with Gasteiger partial charge in [0.1, 0.15) is 5.75 Å². The Balaban J connectivity index is 2.88. The zero-order chi connectivity index (χ0) is 11.4. The van der Waals surface area contributed by atoms with Crippen LogP contribution in [0.1, 0.15) is 5.56 Å². The number of nitrogens with two attached hydrogens (primary N) is 1. The molecule has 1 rings (SSSR count). The van der Waals surface area contributed by atoms with Gasteiger partial charge in [-0.25, -0.2) is 0 Å². The molecule has 0 radical (unpaired) electrons. The monoisotopic (exact) mass is 291 g/mol. The molecule has 0 spiro atoms. The second kappa shape index (κ2) is 5.37. The summed E-state index contributed by atoms with van der Waals surface area (Å²) in [6.07, 6.45) is 0.450. The number of alkyl halides is 1. The van der Waals surface area contributed by atoms with Gasteiger partial charge in [-0.2, -0.15) is 0 Å². The van der Waals surface area contributed by atoms with Crippen LogP contribution in [0.25, 0.3) is 0 Å². The van der Waals surface area contributed by atoms with E-state index in [-0.39, 0.29) is 0 Å². The molecule has 0 saturated heterocycles. The van der Waals surface area contributed by atoms with Gasteiger partial charge in [0.15, 0.2) is 0 Å². The lowest BCUT2D eigenvalue weighted by molar-refractivity contribution is -0.117. The van der Waals surface area contributed by atoms with Crippen molar-refractivity contribution in [3.05, 3.63) is 28.8 Å².